The van der Waals surface area contributed by atoms with Gasteiger partial charge in [-0.1, -0.05) is 0 Å². The van der Waals surface area contributed by atoms with Crippen LogP contribution in [0.4, 0.5) is 4.79 Å². The van der Waals surface area contributed by atoms with Crippen molar-refractivity contribution in [3.05, 3.63) is 0 Å². The third-order valence-electron chi connectivity index (χ3n) is 2.06. The summed E-state index contributed by atoms with van der Waals surface area (Å²) >= 11 is 0. The van der Waals surface area contributed by atoms with Crippen LogP contribution in [-0.2, 0) is 4.79 Å². The molecule has 14 heavy (non-hydrogen) atoms. The van der Waals surface area contributed by atoms with Crippen molar-refractivity contribution in [3.63, 3.8) is 0 Å². The quantitative estimate of drug-likeness (QED) is 0.507. The number of likely N-dealkylation sites (N-methyl/N-ethyl adjacent to an activating group) is 1. The van der Waals surface area contributed by atoms with E-state index in [0.717, 1.165) is 19.3 Å². The molecule has 4 N–H and O–H groups in total. The summed E-state index contributed by atoms with van der Waals surface area (Å²) in [5, 5.41) is 5.44. The summed E-state index contributed by atoms with van der Waals surface area (Å²) in [6.07, 6.45) is 2.53. The number of carbonyl (C=O) groups is 2. The average molecular weight is 201 g/mol. The van der Waals surface area contributed by atoms with Gasteiger partial charge in [-0.3, -0.25) is 4.79 Å². The summed E-state index contributed by atoms with van der Waals surface area (Å²) in [4.78, 5) is 21.3. The predicted molar refractivity (Wildman–Crippen MR) is 55.0 cm³/mol. The monoisotopic (exact) mass is 201 g/mol. The maximum Gasteiger partial charge on any atom is 0.312 e. The summed E-state index contributed by atoms with van der Waals surface area (Å²) in [6.45, 7) is 2.15. The van der Waals surface area contributed by atoms with Gasteiger partial charge in [0.2, 0.25) is 0 Å². The molecule has 0 aliphatic rings. The Morgan fingerprint density at radius 3 is 2.43 bits per heavy atom. The van der Waals surface area contributed by atoms with Crippen molar-refractivity contribution in [2.75, 3.05) is 13.6 Å². The highest BCUT2D eigenvalue weighted by Crippen LogP contribution is 2.00. The Kier molecular flexibility index (Phi) is 6.74. The Labute approximate surface area is 84.4 Å². The Morgan fingerprint density at radius 1 is 1.36 bits per heavy atom. The van der Waals surface area contributed by atoms with Crippen LogP contribution in [0.5, 0.6) is 0 Å². The third kappa shape index (κ3) is 6.42. The molecule has 0 aromatic carbocycles. The molecule has 0 aromatic heterocycles. The lowest BCUT2D eigenvalue weighted by molar-refractivity contribution is -0.119. The van der Waals surface area contributed by atoms with Crippen LogP contribution in [0, 0.1) is 0 Å². The van der Waals surface area contributed by atoms with Gasteiger partial charge < -0.3 is 16.4 Å². The smallest absolute Gasteiger partial charge is 0.312 e. The normalized spacial score (nSPS) is 12.1. The first-order valence-electron chi connectivity index (χ1n) is 4.79. The number of primary amides is 1. The number of nitrogens with one attached hydrogen (secondary N) is 2. The summed E-state index contributed by atoms with van der Waals surface area (Å²) in [7, 11) is 1.77. The Hall–Kier alpha value is -1.10. The molecule has 2 amide bonds. The zero-order valence-electron chi connectivity index (χ0n) is 8.80. The molecule has 0 aliphatic carbocycles. The zero-order chi connectivity index (χ0) is 11.0. The summed E-state index contributed by atoms with van der Waals surface area (Å²) in [5.41, 5.74) is 4.89. The van der Waals surface area contributed by atoms with Crippen molar-refractivity contribution in [1.29, 1.82) is 0 Å². The van der Waals surface area contributed by atoms with Crippen LogP contribution < -0.4 is 16.4 Å². The lowest BCUT2D eigenvalue weighted by Gasteiger charge is -2.11. The predicted octanol–water partition coefficient (Wildman–Crippen LogP) is 0.00200. The van der Waals surface area contributed by atoms with Crippen molar-refractivity contribution in [1.82, 2.24) is 10.6 Å². The minimum Gasteiger partial charge on any atom is -0.352 e. The number of amides is 2. The van der Waals surface area contributed by atoms with E-state index in [-0.39, 0.29) is 11.8 Å². The lowest BCUT2D eigenvalue weighted by Crippen LogP contribution is -2.33. The molecular weight excluding hydrogens is 182 g/mol. The second-order valence-electron chi connectivity index (χ2n) is 3.24. The number of hydrogen-bond acceptors (Lipinski definition) is 3. The molecule has 0 fully saturated rings. The molecule has 5 nitrogen and oxygen atoms in total. The number of Topliss-reactive ketones (excluding diaryl/α,β-unsaturated/α-hetero) is 1. The van der Waals surface area contributed by atoms with Crippen LogP contribution in [0.25, 0.3) is 0 Å². The minimum absolute atomic E-state index is 0.0661. The molecule has 1 atom stereocenters. The number of unbranched alkanes of at least 4 members (excludes halogenated alkanes) is 1. The molecule has 0 aliphatic heterocycles. The van der Waals surface area contributed by atoms with Crippen molar-refractivity contribution in [3.8, 4) is 0 Å². The first-order valence-corrected chi connectivity index (χ1v) is 4.79. The SMILES string of the molecule is CN[C@@H](CCCCNC(N)=O)C(C)=O. The third-order valence-corrected chi connectivity index (χ3v) is 2.06. The molecule has 0 aromatic rings. The molecule has 0 heterocycles. The molecule has 5 heteroatoms. The van der Waals surface area contributed by atoms with Crippen LogP contribution >= 0.6 is 0 Å². The maximum atomic E-state index is 11.0. The number of nitrogens with two attached hydrogens (primary N) is 1. The minimum atomic E-state index is -0.498. The van der Waals surface area contributed by atoms with Crippen molar-refractivity contribution >= 4 is 11.8 Å². The van der Waals surface area contributed by atoms with E-state index < -0.39 is 6.03 Å². The first-order chi connectivity index (χ1) is 6.57. The zero-order valence-corrected chi connectivity index (χ0v) is 8.80. The number of ketones is 1. The van der Waals surface area contributed by atoms with Gasteiger partial charge in [-0.2, -0.15) is 0 Å². The molecule has 0 unspecified atom stereocenters. The van der Waals surface area contributed by atoms with Crippen molar-refractivity contribution < 1.29 is 9.59 Å². The van der Waals surface area contributed by atoms with Crippen LogP contribution in [-0.4, -0.2) is 31.4 Å². The largest absolute Gasteiger partial charge is 0.352 e. The fourth-order valence-corrected chi connectivity index (χ4v) is 1.24. The van der Waals surface area contributed by atoms with Gasteiger partial charge in [0.05, 0.1) is 6.04 Å². The fourth-order valence-electron chi connectivity index (χ4n) is 1.24. The second kappa shape index (κ2) is 7.32. The summed E-state index contributed by atoms with van der Waals surface area (Å²) < 4.78 is 0. The first kappa shape index (κ1) is 12.9. The molecule has 0 rings (SSSR count). The van der Waals surface area contributed by atoms with E-state index in [1.807, 2.05) is 0 Å². The average Bonchev–Trinajstić information content (AvgIpc) is 2.10. The Balaban J connectivity index is 3.42. The fraction of sp³-hybridized carbons (Fsp3) is 0.778. The van der Waals surface area contributed by atoms with Gasteiger partial charge in [-0.25, -0.2) is 4.79 Å². The topological polar surface area (TPSA) is 84.2 Å². The number of rotatable bonds is 7. The van der Waals surface area contributed by atoms with Crippen LogP contribution in [0.3, 0.4) is 0 Å². The molecule has 0 saturated heterocycles. The Bertz CT molecular complexity index is 194. The van der Waals surface area contributed by atoms with E-state index in [9.17, 15) is 9.59 Å². The van der Waals surface area contributed by atoms with Gasteiger partial charge >= 0.3 is 6.03 Å². The van der Waals surface area contributed by atoms with E-state index in [4.69, 9.17) is 5.73 Å². The van der Waals surface area contributed by atoms with Crippen molar-refractivity contribution in [2.24, 2.45) is 5.73 Å². The van der Waals surface area contributed by atoms with Crippen LogP contribution in [0.1, 0.15) is 26.2 Å². The number of carbonyl (C=O) groups excluding carboxylic acids is 2. The number of urea groups is 1. The van der Waals surface area contributed by atoms with Crippen LogP contribution in [0.15, 0.2) is 0 Å². The highest BCUT2D eigenvalue weighted by molar-refractivity contribution is 5.81. The van der Waals surface area contributed by atoms with Gasteiger partial charge in [0, 0.05) is 6.54 Å². The molecule has 0 radical (unpaired) electrons. The van der Waals surface area contributed by atoms with E-state index in [2.05, 4.69) is 10.6 Å². The van der Waals surface area contributed by atoms with E-state index in [0.29, 0.717) is 6.54 Å². The number of hydrogen-bond donors (Lipinski definition) is 3. The van der Waals surface area contributed by atoms with E-state index >= 15 is 0 Å². The van der Waals surface area contributed by atoms with Gasteiger partial charge in [-0.05, 0) is 33.2 Å². The molecule has 0 spiro atoms. The Morgan fingerprint density at radius 2 is 2.00 bits per heavy atom. The molecule has 82 valence electrons. The lowest BCUT2D eigenvalue weighted by atomic mass is 10.1. The van der Waals surface area contributed by atoms with Gasteiger partial charge in [0.1, 0.15) is 5.78 Å². The molecule has 0 saturated carbocycles. The second-order valence-corrected chi connectivity index (χ2v) is 3.24. The van der Waals surface area contributed by atoms with Crippen molar-refractivity contribution in [2.45, 2.75) is 32.2 Å². The highest BCUT2D eigenvalue weighted by Gasteiger charge is 2.09. The van der Waals surface area contributed by atoms with Gasteiger partial charge in [-0.15, -0.1) is 0 Å². The van der Waals surface area contributed by atoms with Gasteiger partial charge in [0.15, 0.2) is 0 Å². The summed E-state index contributed by atoms with van der Waals surface area (Å²) in [6, 6.07) is -0.565. The summed E-state index contributed by atoms with van der Waals surface area (Å²) in [5.74, 6) is 0.148. The van der Waals surface area contributed by atoms with Gasteiger partial charge in [0.25, 0.3) is 0 Å². The van der Waals surface area contributed by atoms with Crippen LogP contribution in [0.2, 0.25) is 0 Å². The van der Waals surface area contributed by atoms with E-state index in [1.54, 1.807) is 14.0 Å². The molecular formula is C9H19N3O2. The standard InChI is InChI=1S/C9H19N3O2/c1-7(13)8(11-2)5-3-4-6-12-9(10)14/h8,11H,3-6H2,1-2H3,(H3,10,12,14)/t8-/m0/s1. The maximum absolute atomic E-state index is 11.0. The van der Waals surface area contributed by atoms with E-state index in [1.165, 1.54) is 0 Å². The highest BCUT2D eigenvalue weighted by atomic mass is 16.2. The molecule has 0 bridgehead atoms.